The van der Waals surface area contributed by atoms with Gasteiger partial charge in [0.2, 0.25) is 6.41 Å². The van der Waals surface area contributed by atoms with Crippen molar-refractivity contribution in [3.05, 3.63) is 23.8 Å². The summed E-state index contributed by atoms with van der Waals surface area (Å²) < 4.78 is 16.9. The zero-order valence-electron chi connectivity index (χ0n) is 23.2. The molecule has 39 heavy (non-hydrogen) atoms. The summed E-state index contributed by atoms with van der Waals surface area (Å²) in [6, 6.07) is 2.71. The van der Waals surface area contributed by atoms with E-state index in [9.17, 15) is 29.1 Å². The van der Waals surface area contributed by atoms with Gasteiger partial charge in [0, 0.05) is 6.42 Å². The fourth-order valence-electron chi connectivity index (χ4n) is 4.40. The number of cyclic esters (lactones) is 2. The minimum absolute atomic E-state index is 0.000221. The molecule has 1 fully saturated rings. The molecular weight excluding hydrogens is 508 g/mol. The molecule has 0 aromatic heterocycles. The first-order valence-electron chi connectivity index (χ1n) is 13.4. The Morgan fingerprint density at radius 3 is 2.41 bits per heavy atom. The molecule has 1 aliphatic heterocycles. The van der Waals surface area contributed by atoms with Gasteiger partial charge in [0.15, 0.2) is 17.9 Å². The number of unbranched alkanes of at least 4 members (excludes halogenated alkanes) is 3. The fraction of sp³-hybridized carbons (Fsp3) is 0.607. The predicted molar refractivity (Wildman–Crippen MR) is 142 cm³/mol. The molecule has 216 valence electrons. The number of aromatic hydroxyl groups is 1. The first-order chi connectivity index (χ1) is 18.5. The van der Waals surface area contributed by atoms with Crippen LogP contribution in [0.3, 0.4) is 0 Å². The van der Waals surface area contributed by atoms with Gasteiger partial charge in [-0.05, 0) is 38.3 Å². The normalized spacial score (nSPS) is 23.5. The molecular formula is C28H40N2O9. The van der Waals surface area contributed by atoms with E-state index in [0.29, 0.717) is 19.3 Å². The number of carbonyl (C=O) groups excluding carboxylic acids is 5. The highest BCUT2D eigenvalue weighted by atomic mass is 16.6. The summed E-state index contributed by atoms with van der Waals surface area (Å²) >= 11 is 0. The number of hydrogen-bond donors (Lipinski definition) is 3. The van der Waals surface area contributed by atoms with Crippen molar-refractivity contribution in [1.82, 2.24) is 5.32 Å². The summed E-state index contributed by atoms with van der Waals surface area (Å²) in [6.07, 6.45) is 1.17. The summed E-state index contributed by atoms with van der Waals surface area (Å²) in [5, 5.41) is 15.1. The lowest BCUT2D eigenvalue weighted by Crippen LogP contribution is -2.50. The second-order valence-electron chi connectivity index (χ2n) is 10.2. The van der Waals surface area contributed by atoms with E-state index in [1.807, 2.05) is 13.8 Å². The van der Waals surface area contributed by atoms with E-state index in [4.69, 9.17) is 14.2 Å². The van der Waals surface area contributed by atoms with Crippen LogP contribution >= 0.6 is 0 Å². The Morgan fingerprint density at radius 2 is 1.77 bits per heavy atom. The van der Waals surface area contributed by atoms with E-state index in [2.05, 4.69) is 17.6 Å². The molecule has 1 aromatic rings. The van der Waals surface area contributed by atoms with Gasteiger partial charge in [0.05, 0.1) is 17.2 Å². The van der Waals surface area contributed by atoms with Gasteiger partial charge in [-0.15, -0.1) is 0 Å². The Hall–Kier alpha value is -3.63. The number of para-hydroxylation sites is 1. The third-order valence-corrected chi connectivity index (χ3v) is 6.48. The number of carbonyl (C=O) groups is 5. The largest absolute Gasteiger partial charge is 0.505 e. The highest BCUT2D eigenvalue weighted by Gasteiger charge is 2.44. The van der Waals surface area contributed by atoms with Gasteiger partial charge in [0.25, 0.3) is 5.91 Å². The number of amides is 2. The van der Waals surface area contributed by atoms with Crippen LogP contribution < -0.4 is 10.6 Å². The molecule has 0 spiro atoms. The standard InChI is InChI=1S/C28H40N2O9/c1-6-7-8-9-11-20-25(39-22(32)14-16(2)3)18(5)38-28(36)23(17(4)37-27(20)35)30-26(34)19-12-10-13-21(24(19)33)29-15-31/h10,12-13,15-18,20,23,25,33H,6-9,11,14H2,1-5H3,(H,29,31)(H,30,34)/t17-,18+,20+,23-,25-/m0/s1. The van der Waals surface area contributed by atoms with Crippen LogP contribution in [0.5, 0.6) is 5.75 Å². The maximum atomic E-state index is 13.4. The van der Waals surface area contributed by atoms with E-state index in [0.717, 1.165) is 19.3 Å². The van der Waals surface area contributed by atoms with Gasteiger partial charge in [-0.1, -0.05) is 52.5 Å². The van der Waals surface area contributed by atoms with Gasteiger partial charge in [-0.3, -0.25) is 19.2 Å². The van der Waals surface area contributed by atoms with Crippen LogP contribution in [-0.2, 0) is 33.4 Å². The molecule has 5 atom stereocenters. The van der Waals surface area contributed by atoms with Crippen molar-refractivity contribution in [3.63, 3.8) is 0 Å². The van der Waals surface area contributed by atoms with Crippen molar-refractivity contribution in [1.29, 1.82) is 0 Å². The summed E-state index contributed by atoms with van der Waals surface area (Å²) in [5.74, 6) is -4.26. The number of benzene rings is 1. The third-order valence-electron chi connectivity index (χ3n) is 6.48. The van der Waals surface area contributed by atoms with Crippen LogP contribution in [0.1, 0.15) is 83.5 Å². The van der Waals surface area contributed by atoms with Crippen molar-refractivity contribution >= 4 is 35.9 Å². The monoisotopic (exact) mass is 548 g/mol. The Morgan fingerprint density at radius 1 is 1.08 bits per heavy atom. The molecule has 1 saturated heterocycles. The summed E-state index contributed by atoms with van der Waals surface area (Å²) in [7, 11) is 0. The van der Waals surface area contributed by atoms with Crippen molar-refractivity contribution in [2.45, 2.75) is 97.5 Å². The topological polar surface area (TPSA) is 157 Å². The van der Waals surface area contributed by atoms with E-state index in [1.165, 1.54) is 32.0 Å². The number of anilines is 1. The average Bonchev–Trinajstić information content (AvgIpc) is 2.88. The second kappa shape index (κ2) is 15.1. The molecule has 0 radical (unpaired) electrons. The van der Waals surface area contributed by atoms with Crippen LogP contribution in [0, 0.1) is 11.8 Å². The molecule has 11 nitrogen and oxygen atoms in total. The average molecular weight is 549 g/mol. The number of nitrogens with one attached hydrogen (secondary N) is 2. The Kier molecular flexibility index (Phi) is 12.2. The van der Waals surface area contributed by atoms with E-state index < -0.39 is 59.8 Å². The van der Waals surface area contributed by atoms with Crippen molar-refractivity contribution in [2.75, 3.05) is 5.32 Å². The SMILES string of the molecule is CCCCCC[C@H]1C(=O)O[C@@H](C)[C@H](NC(=O)c2cccc(NC=O)c2O)C(=O)O[C@H](C)[C@@H]1OC(=O)CC(C)C. The molecule has 2 amide bonds. The third kappa shape index (κ3) is 8.97. The lowest BCUT2D eigenvalue weighted by molar-refractivity contribution is -0.175. The quantitative estimate of drug-likeness (QED) is 0.117. The van der Waals surface area contributed by atoms with Crippen molar-refractivity contribution < 1.29 is 43.3 Å². The second-order valence-corrected chi connectivity index (χ2v) is 10.2. The summed E-state index contributed by atoms with van der Waals surface area (Å²) in [4.78, 5) is 62.9. The first-order valence-corrected chi connectivity index (χ1v) is 13.4. The van der Waals surface area contributed by atoms with E-state index in [1.54, 1.807) is 0 Å². The molecule has 11 heteroatoms. The van der Waals surface area contributed by atoms with E-state index >= 15 is 0 Å². The highest BCUT2D eigenvalue weighted by Crippen LogP contribution is 2.29. The minimum Gasteiger partial charge on any atom is -0.505 e. The fourth-order valence-corrected chi connectivity index (χ4v) is 4.40. The van der Waals surface area contributed by atoms with Crippen LogP contribution in [0.25, 0.3) is 0 Å². The first kappa shape index (κ1) is 31.6. The number of phenols is 1. The lowest BCUT2D eigenvalue weighted by atomic mass is 9.92. The zero-order chi connectivity index (χ0) is 29.1. The number of esters is 3. The van der Waals surface area contributed by atoms with Gasteiger partial charge in [0.1, 0.15) is 12.2 Å². The number of hydrogen-bond acceptors (Lipinski definition) is 9. The molecule has 2 rings (SSSR count). The number of ether oxygens (including phenoxy) is 3. The molecule has 1 heterocycles. The van der Waals surface area contributed by atoms with Gasteiger partial charge in [-0.25, -0.2) is 4.79 Å². The predicted octanol–water partition coefficient (Wildman–Crippen LogP) is 3.48. The molecule has 0 aliphatic carbocycles. The maximum Gasteiger partial charge on any atom is 0.332 e. The van der Waals surface area contributed by atoms with Gasteiger partial charge < -0.3 is 30.0 Å². The number of rotatable bonds is 12. The van der Waals surface area contributed by atoms with Crippen LogP contribution in [0.15, 0.2) is 18.2 Å². The van der Waals surface area contributed by atoms with Crippen LogP contribution in [0.2, 0.25) is 0 Å². The molecule has 0 saturated carbocycles. The smallest absolute Gasteiger partial charge is 0.332 e. The molecule has 0 unspecified atom stereocenters. The van der Waals surface area contributed by atoms with Crippen LogP contribution in [-0.4, -0.2) is 59.7 Å². The molecule has 1 aliphatic rings. The minimum atomic E-state index is -1.42. The summed E-state index contributed by atoms with van der Waals surface area (Å²) in [6.45, 7) is 8.77. The van der Waals surface area contributed by atoms with Crippen molar-refractivity contribution in [2.24, 2.45) is 11.8 Å². The zero-order valence-corrected chi connectivity index (χ0v) is 23.2. The maximum absolute atomic E-state index is 13.4. The summed E-state index contributed by atoms with van der Waals surface area (Å²) in [5.41, 5.74) is -0.213. The Bertz CT molecular complexity index is 1030. The Balaban J connectivity index is 2.33. The Labute approximate surface area is 228 Å². The highest BCUT2D eigenvalue weighted by molar-refractivity contribution is 6.01. The lowest BCUT2D eigenvalue weighted by Gasteiger charge is -2.29. The molecule has 0 bridgehead atoms. The van der Waals surface area contributed by atoms with Crippen molar-refractivity contribution in [3.8, 4) is 5.75 Å². The van der Waals surface area contributed by atoms with Gasteiger partial charge in [-0.2, -0.15) is 0 Å². The molecule has 3 N–H and O–H groups in total. The van der Waals surface area contributed by atoms with E-state index in [-0.39, 0.29) is 23.6 Å². The molecule has 1 aromatic carbocycles. The van der Waals surface area contributed by atoms with Gasteiger partial charge >= 0.3 is 17.9 Å². The van der Waals surface area contributed by atoms with Crippen LogP contribution in [0.4, 0.5) is 5.69 Å². The number of phenolic OH excluding ortho intramolecular Hbond substituents is 1.